The standard InChI is InChI=1S/C13H13O2PS/c1-17(14,15)16(12-8-4-2-5-9-12)13-10-6-3-7-11-13/h2-11H,1H3. The van der Waals surface area contributed by atoms with E-state index in [4.69, 9.17) is 0 Å². The molecule has 17 heavy (non-hydrogen) atoms. The summed E-state index contributed by atoms with van der Waals surface area (Å²) in [5.41, 5.74) is 0. The van der Waals surface area contributed by atoms with Crippen LogP contribution < -0.4 is 10.6 Å². The lowest BCUT2D eigenvalue weighted by atomic mass is 10.4. The molecule has 2 rings (SSSR count). The van der Waals surface area contributed by atoms with Crippen LogP contribution in [0.3, 0.4) is 0 Å². The highest BCUT2D eigenvalue weighted by molar-refractivity contribution is 8.54. The van der Waals surface area contributed by atoms with Crippen molar-refractivity contribution in [3.05, 3.63) is 60.7 Å². The predicted octanol–water partition coefficient (Wildman–Crippen LogP) is 2.08. The third-order valence-corrected chi connectivity index (χ3v) is 7.77. The summed E-state index contributed by atoms with van der Waals surface area (Å²) in [5.74, 6) is 0. The van der Waals surface area contributed by atoms with E-state index in [9.17, 15) is 8.42 Å². The predicted molar refractivity (Wildman–Crippen MR) is 73.9 cm³/mol. The van der Waals surface area contributed by atoms with Gasteiger partial charge < -0.3 is 0 Å². The Labute approximate surface area is 103 Å². The molecule has 0 N–H and O–H groups in total. The lowest BCUT2D eigenvalue weighted by Crippen LogP contribution is -2.17. The molecular weight excluding hydrogens is 251 g/mol. The molecule has 0 aliphatic carbocycles. The number of rotatable bonds is 3. The van der Waals surface area contributed by atoms with Crippen molar-refractivity contribution in [3.63, 3.8) is 0 Å². The van der Waals surface area contributed by atoms with Crippen LogP contribution in [0.4, 0.5) is 0 Å². The van der Waals surface area contributed by atoms with E-state index in [1.54, 1.807) is 0 Å². The number of hydrogen-bond acceptors (Lipinski definition) is 2. The van der Waals surface area contributed by atoms with Crippen molar-refractivity contribution in [3.8, 4) is 0 Å². The van der Waals surface area contributed by atoms with E-state index < -0.39 is 16.6 Å². The van der Waals surface area contributed by atoms with Crippen LogP contribution in [0.1, 0.15) is 0 Å². The van der Waals surface area contributed by atoms with Crippen LogP contribution in [0.2, 0.25) is 0 Å². The second-order valence-corrected chi connectivity index (χ2v) is 9.87. The molecule has 0 aromatic heterocycles. The van der Waals surface area contributed by atoms with Crippen molar-refractivity contribution in [1.29, 1.82) is 0 Å². The zero-order valence-electron chi connectivity index (χ0n) is 9.45. The maximum Gasteiger partial charge on any atom is 0.172 e. The van der Waals surface area contributed by atoms with E-state index in [0.29, 0.717) is 0 Å². The van der Waals surface area contributed by atoms with Gasteiger partial charge in [-0.15, -0.1) is 0 Å². The van der Waals surface area contributed by atoms with E-state index >= 15 is 0 Å². The quantitative estimate of drug-likeness (QED) is 0.795. The van der Waals surface area contributed by atoms with Gasteiger partial charge in [0.1, 0.15) is 0 Å². The van der Waals surface area contributed by atoms with Crippen molar-refractivity contribution in [2.24, 2.45) is 0 Å². The Morgan fingerprint density at radius 3 is 1.41 bits per heavy atom. The molecule has 0 atom stereocenters. The van der Waals surface area contributed by atoms with Crippen molar-refractivity contribution in [2.75, 3.05) is 6.26 Å². The summed E-state index contributed by atoms with van der Waals surface area (Å²) in [4.78, 5) is 0. The minimum Gasteiger partial charge on any atom is -0.224 e. The maximum absolute atomic E-state index is 12.0. The lowest BCUT2D eigenvalue weighted by molar-refractivity contribution is 0.615. The smallest absolute Gasteiger partial charge is 0.172 e. The molecule has 0 aliphatic rings. The molecule has 0 saturated carbocycles. The van der Waals surface area contributed by atoms with Crippen LogP contribution in [0.5, 0.6) is 0 Å². The Morgan fingerprint density at radius 2 is 1.12 bits per heavy atom. The fourth-order valence-electron chi connectivity index (χ4n) is 1.66. The Morgan fingerprint density at radius 1 is 0.765 bits per heavy atom. The molecule has 0 amide bonds. The minimum absolute atomic E-state index is 0.871. The average molecular weight is 264 g/mol. The summed E-state index contributed by atoms with van der Waals surface area (Å²) in [7, 11) is -4.43. The maximum atomic E-state index is 12.0. The normalized spacial score (nSPS) is 11.6. The summed E-state index contributed by atoms with van der Waals surface area (Å²) < 4.78 is 23.9. The second kappa shape index (κ2) is 4.99. The summed E-state index contributed by atoms with van der Waals surface area (Å²) in [6.45, 7) is 0. The van der Waals surface area contributed by atoms with Crippen LogP contribution in [0.25, 0.3) is 0 Å². The fourth-order valence-corrected chi connectivity index (χ4v) is 6.64. The molecule has 0 fully saturated rings. The van der Waals surface area contributed by atoms with E-state index in [1.807, 2.05) is 60.7 Å². The van der Waals surface area contributed by atoms with Gasteiger partial charge in [-0.05, 0) is 10.6 Å². The van der Waals surface area contributed by atoms with Gasteiger partial charge >= 0.3 is 0 Å². The Kier molecular flexibility index (Phi) is 3.60. The molecule has 4 heteroatoms. The van der Waals surface area contributed by atoms with Crippen molar-refractivity contribution in [1.82, 2.24) is 0 Å². The zero-order chi connectivity index (χ0) is 12.3. The SMILES string of the molecule is CS(=O)(=O)P(c1ccccc1)c1ccccc1. The van der Waals surface area contributed by atoms with Gasteiger partial charge in [0.15, 0.2) is 9.46 Å². The number of hydrogen-bond donors (Lipinski definition) is 0. The van der Waals surface area contributed by atoms with Crippen LogP contribution in [-0.2, 0) is 9.46 Å². The summed E-state index contributed by atoms with van der Waals surface area (Å²) >= 11 is 0. The van der Waals surface area contributed by atoms with Gasteiger partial charge in [0.05, 0.1) is 7.12 Å². The second-order valence-electron chi connectivity index (χ2n) is 3.70. The van der Waals surface area contributed by atoms with Gasteiger partial charge in [-0.2, -0.15) is 0 Å². The molecule has 0 spiro atoms. The monoisotopic (exact) mass is 264 g/mol. The topological polar surface area (TPSA) is 34.1 Å². The van der Waals surface area contributed by atoms with Gasteiger partial charge in [0.2, 0.25) is 0 Å². The molecule has 0 radical (unpaired) electrons. The molecule has 0 bridgehead atoms. The molecule has 2 nitrogen and oxygen atoms in total. The number of benzene rings is 2. The first-order valence-corrected chi connectivity index (χ1v) is 9.03. The Balaban J connectivity index is 2.56. The summed E-state index contributed by atoms with van der Waals surface area (Å²) in [6, 6.07) is 18.8. The molecule has 2 aromatic rings. The zero-order valence-corrected chi connectivity index (χ0v) is 11.2. The van der Waals surface area contributed by atoms with Crippen LogP contribution in [0, 0.1) is 0 Å². The highest BCUT2D eigenvalue weighted by atomic mass is 32.8. The van der Waals surface area contributed by atoms with Gasteiger partial charge in [-0.3, -0.25) is 0 Å². The third-order valence-electron chi connectivity index (χ3n) is 2.31. The highest BCUT2D eigenvalue weighted by Gasteiger charge is 2.24. The summed E-state index contributed by atoms with van der Waals surface area (Å²) in [5, 5.41) is 1.74. The van der Waals surface area contributed by atoms with Crippen LogP contribution >= 0.6 is 7.12 Å². The first-order chi connectivity index (χ1) is 8.09. The van der Waals surface area contributed by atoms with Crippen LogP contribution in [-0.4, -0.2) is 14.7 Å². The first-order valence-electron chi connectivity index (χ1n) is 5.19. The van der Waals surface area contributed by atoms with Crippen LogP contribution in [0.15, 0.2) is 60.7 Å². The summed E-state index contributed by atoms with van der Waals surface area (Å²) in [6.07, 6.45) is 1.30. The molecule has 0 heterocycles. The van der Waals surface area contributed by atoms with Gasteiger partial charge in [-0.1, -0.05) is 60.7 Å². The Bertz CT molecular complexity index is 540. The molecule has 0 saturated heterocycles. The van der Waals surface area contributed by atoms with E-state index in [0.717, 1.165) is 10.6 Å². The van der Waals surface area contributed by atoms with Gasteiger partial charge in [0.25, 0.3) is 0 Å². The highest BCUT2D eigenvalue weighted by Crippen LogP contribution is 2.39. The van der Waals surface area contributed by atoms with Crippen molar-refractivity contribution < 1.29 is 8.42 Å². The molecule has 0 unspecified atom stereocenters. The largest absolute Gasteiger partial charge is 0.224 e. The van der Waals surface area contributed by atoms with Gasteiger partial charge in [0, 0.05) is 6.26 Å². The lowest BCUT2D eigenvalue weighted by Gasteiger charge is -2.15. The fraction of sp³-hybridized carbons (Fsp3) is 0.0769. The Hall–Kier alpha value is -1.18. The van der Waals surface area contributed by atoms with Gasteiger partial charge in [-0.25, -0.2) is 8.42 Å². The average Bonchev–Trinajstić information content (AvgIpc) is 2.30. The van der Waals surface area contributed by atoms with E-state index in [1.165, 1.54) is 6.26 Å². The molecule has 88 valence electrons. The minimum atomic E-state index is -3.11. The van der Waals surface area contributed by atoms with Crippen molar-refractivity contribution >= 4 is 27.2 Å². The third kappa shape index (κ3) is 2.93. The molecular formula is C13H13O2PS. The molecule has 2 aromatic carbocycles. The van der Waals surface area contributed by atoms with Crippen molar-refractivity contribution in [2.45, 2.75) is 0 Å². The van der Waals surface area contributed by atoms with E-state index in [-0.39, 0.29) is 0 Å². The molecule has 0 aliphatic heterocycles. The first kappa shape index (κ1) is 12.3. The van der Waals surface area contributed by atoms with E-state index in [2.05, 4.69) is 0 Å².